The van der Waals surface area contributed by atoms with Gasteiger partial charge in [0.2, 0.25) is 5.91 Å². The van der Waals surface area contributed by atoms with Gasteiger partial charge in [-0.1, -0.05) is 49.4 Å². The molecule has 0 aliphatic rings. The summed E-state index contributed by atoms with van der Waals surface area (Å²) in [6, 6.07) is 17.5. The molecular weight excluding hydrogens is 407 g/mol. The lowest BCUT2D eigenvalue weighted by atomic mass is 9.94. The second-order valence-electron chi connectivity index (χ2n) is 7.88. The largest absolute Gasteiger partial charge is 0.308 e. The van der Waals surface area contributed by atoms with Crippen molar-refractivity contribution < 1.29 is 14.0 Å². The first kappa shape index (κ1) is 21.4. The van der Waals surface area contributed by atoms with Crippen LogP contribution in [0.2, 0.25) is 0 Å². The number of fused-ring (bicyclic) bond motifs is 1. The van der Waals surface area contributed by atoms with Crippen molar-refractivity contribution in [1.82, 2.24) is 15.2 Å². The van der Waals surface area contributed by atoms with Crippen molar-refractivity contribution >= 4 is 28.4 Å². The Morgan fingerprint density at radius 1 is 1.06 bits per heavy atom. The van der Waals surface area contributed by atoms with E-state index in [1.165, 1.54) is 12.1 Å². The number of hydrogen-bond donors (Lipinski definition) is 2. The predicted molar refractivity (Wildman–Crippen MR) is 121 cm³/mol. The number of H-pyrrole nitrogens is 1. The summed E-state index contributed by atoms with van der Waals surface area (Å²) in [5, 5.41) is 10.4. The first-order valence-corrected chi connectivity index (χ1v) is 10.4. The molecular formula is C25H23FN4O2. The van der Waals surface area contributed by atoms with Crippen molar-refractivity contribution in [3.63, 3.8) is 0 Å². The Labute approximate surface area is 184 Å². The van der Waals surface area contributed by atoms with Crippen molar-refractivity contribution in [3.05, 3.63) is 89.5 Å². The van der Waals surface area contributed by atoms with E-state index in [1.807, 2.05) is 37.3 Å². The molecule has 2 aromatic heterocycles. The lowest BCUT2D eigenvalue weighted by Crippen LogP contribution is -2.14. The third-order valence-electron chi connectivity index (χ3n) is 5.32. The number of amides is 1. The van der Waals surface area contributed by atoms with Crippen LogP contribution in [0.15, 0.2) is 66.9 Å². The molecule has 2 N–H and O–H groups in total. The zero-order valence-corrected chi connectivity index (χ0v) is 17.6. The van der Waals surface area contributed by atoms with Crippen LogP contribution in [0.4, 0.5) is 10.2 Å². The van der Waals surface area contributed by atoms with Crippen molar-refractivity contribution in [2.24, 2.45) is 0 Å². The first-order valence-electron chi connectivity index (χ1n) is 10.4. The molecule has 6 nitrogen and oxygen atoms in total. The number of nitrogens with zero attached hydrogens (tertiary/aromatic N) is 2. The molecule has 0 unspecified atom stereocenters. The number of Topliss-reactive ketones (excluding diaryl/α,β-unsaturated/α-hetero) is 1. The fourth-order valence-electron chi connectivity index (χ4n) is 3.63. The van der Waals surface area contributed by atoms with E-state index in [-0.39, 0.29) is 36.3 Å². The van der Waals surface area contributed by atoms with E-state index in [0.29, 0.717) is 34.4 Å². The molecule has 0 saturated heterocycles. The maximum absolute atomic E-state index is 13.0. The van der Waals surface area contributed by atoms with E-state index < -0.39 is 0 Å². The van der Waals surface area contributed by atoms with Gasteiger partial charge >= 0.3 is 0 Å². The van der Waals surface area contributed by atoms with Crippen LogP contribution in [0.5, 0.6) is 0 Å². The molecule has 0 radical (unpaired) electrons. The predicted octanol–water partition coefficient (Wildman–Crippen LogP) is 4.58. The molecule has 4 aromatic rings. The van der Waals surface area contributed by atoms with Gasteiger partial charge in [-0.2, -0.15) is 5.10 Å². The second-order valence-corrected chi connectivity index (χ2v) is 7.88. The van der Waals surface area contributed by atoms with E-state index in [0.717, 1.165) is 5.56 Å². The van der Waals surface area contributed by atoms with E-state index in [4.69, 9.17) is 0 Å². The number of nitrogens with one attached hydrogen (secondary N) is 2. The van der Waals surface area contributed by atoms with Gasteiger partial charge in [0.1, 0.15) is 11.6 Å². The van der Waals surface area contributed by atoms with Crippen LogP contribution >= 0.6 is 0 Å². The number of aromatic nitrogens is 3. The molecule has 7 heteroatoms. The molecule has 32 heavy (non-hydrogen) atoms. The van der Waals surface area contributed by atoms with Gasteiger partial charge in [-0.3, -0.25) is 19.7 Å². The third kappa shape index (κ3) is 5.24. The first-order chi connectivity index (χ1) is 15.5. The Balaban J connectivity index is 1.38. The van der Waals surface area contributed by atoms with Crippen molar-refractivity contribution in [2.45, 2.75) is 32.1 Å². The van der Waals surface area contributed by atoms with Gasteiger partial charge in [-0.05, 0) is 35.2 Å². The average molecular weight is 430 g/mol. The number of carbonyl (C=O) groups excluding carboxylic acids is 2. The highest BCUT2D eigenvalue weighted by Crippen LogP contribution is 2.22. The molecule has 2 heterocycles. The second kappa shape index (κ2) is 9.51. The van der Waals surface area contributed by atoms with E-state index in [2.05, 4.69) is 20.5 Å². The smallest absolute Gasteiger partial charge is 0.230 e. The summed E-state index contributed by atoms with van der Waals surface area (Å²) >= 11 is 0. The van der Waals surface area contributed by atoms with Crippen LogP contribution in [-0.2, 0) is 22.4 Å². The number of rotatable bonds is 8. The number of pyridine rings is 1. The highest BCUT2D eigenvalue weighted by Gasteiger charge is 2.15. The minimum absolute atomic E-state index is 0.105. The van der Waals surface area contributed by atoms with Crippen molar-refractivity contribution in [1.29, 1.82) is 0 Å². The number of carbonyl (C=O) groups is 2. The average Bonchev–Trinajstić information content (AvgIpc) is 3.17. The normalized spacial score (nSPS) is 11.9. The molecule has 0 bridgehead atoms. The monoisotopic (exact) mass is 430 g/mol. The van der Waals surface area contributed by atoms with Gasteiger partial charge in [-0.25, -0.2) is 4.39 Å². The van der Waals surface area contributed by atoms with Gasteiger partial charge in [0.25, 0.3) is 0 Å². The molecule has 0 spiro atoms. The topological polar surface area (TPSA) is 87.7 Å². The lowest BCUT2D eigenvalue weighted by Gasteiger charge is -2.10. The summed E-state index contributed by atoms with van der Waals surface area (Å²) in [6.45, 7) is 2.04. The summed E-state index contributed by atoms with van der Waals surface area (Å²) in [6.07, 6.45) is 2.39. The molecule has 1 atom stereocenters. The minimum atomic E-state index is -0.345. The summed E-state index contributed by atoms with van der Waals surface area (Å²) < 4.78 is 13.0. The standard InChI is InChI=1S/C25H23FN4O2/c1-16(18-5-3-2-4-6-18)11-21(31)13-20-14-23-22(15-27-20)25(30-29-23)28-24(32)12-17-7-9-19(26)10-8-17/h2-10,14-16H,11-13H2,1H3,(H2,28,29,30,32)/t16-/m0/s1. The van der Waals surface area contributed by atoms with Crippen LogP contribution in [0.3, 0.4) is 0 Å². The van der Waals surface area contributed by atoms with Crippen LogP contribution in [0.1, 0.15) is 36.1 Å². The zero-order valence-electron chi connectivity index (χ0n) is 17.6. The van der Waals surface area contributed by atoms with E-state index in [9.17, 15) is 14.0 Å². The molecule has 1 amide bonds. The highest BCUT2D eigenvalue weighted by molar-refractivity contribution is 6.00. The van der Waals surface area contributed by atoms with Crippen LogP contribution in [-0.4, -0.2) is 26.9 Å². The van der Waals surface area contributed by atoms with Crippen molar-refractivity contribution in [2.75, 3.05) is 5.32 Å². The van der Waals surface area contributed by atoms with Crippen molar-refractivity contribution in [3.8, 4) is 0 Å². The number of ketones is 1. The fraction of sp³-hybridized carbons (Fsp3) is 0.200. The maximum Gasteiger partial charge on any atom is 0.230 e. The Morgan fingerprint density at radius 3 is 2.56 bits per heavy atom. The molecule has 0 saturated carbocycles. The number of hydrogen-bond acceptors (Lipinski definition) is 4. The SMILES string of the molecule is C[C@@H](CC(=O)Cc1cc2[nH]nc(NC(=O)Cc3ccc(F)cc3)c2cn1)c1ccccc1. The number of anilines is 1. The minimum Gasteiger partial charge on any atom is -0.308 e. The summed E-state index contributed by atoms with van der Waals surface area (Å²) in [5.41, 5.74) is 3.18. The summed E-state index contributed by atoms with van der Waals surface area (Å²) in [7, 11) is 0. The molecule has 0 fully saturated rings. The van der Waals surface area contributed by atoms with Gasteiger partial charge < -0.3 is 5.32 Å². The van der Waals surface area contributed by atoms with Crippen LogP contribution in [0.25, 0.3) is 10.9 Å². The van der Waals surface area contributed by atoms with Crippen LogP contribution in [0, 0.1) is 5.82 Å². The van der Waals surface area contributed by atoms with Gasteiger partial charge in [0.15, 0.2) is 5.82 Å². The molecule has 0 aliphatic carbocycles. The maximum atomic E-state index is 13.0. The lowest BCUT2D eigenvalue weighted by molar-refractivity contribution is -0.119. The molecule has 2 aromatic carbocycles. The molecule has 4 rings (SSSR count). The molecule has 0 aliphatic heterocycles. The number of aromatic amines is 1. The Morgan fingerprint density at radius 2 is 1.81 bits per heavy atom. The third-order valence-corrected chi connectivity index (χ3v) is 5.32. The van der Waals surface area contributed by atoms with E-state index >= 15 is 0 Å². The number of benzene rings is 2. The highest BCUT2D eigenvalue weighted by atomic mass is 19.1. The van der Waals surface area contributed by atoms with E-state index in [1.54, 1.807) is 24.4 Å². The molecule has 162 valence electrons. The summed E-state index contributed by atoms with van der Waals surface area (Å²) in [5.74, 6) is 0.0136. The van der Waals surface area contributed by atoms with Gasteiger partial charge in [0.05, 0.1) is 17.3 Å². The Hall–Kier alpha value is -3.87. The van der Waals surface area contributed by atoms with Crippen LogP contribution < -0.4 is 5.32 Å². The fourth-order valence-corrected chi connectivity index (χ4v) is 3.63. The Bertz CT molecular complexity index is 1240. The Kier molecular flexibility index (Phi) is 6.35. The van der Waals surface area contributed by atoms with Gasteiger partial charge in [-0.15, -0.1) is 0 Å². The quantitative estimate of drug-likeness (QED) is 0.428. The van der Waals surface area contributed by atoms with Gasteiger partial charge in [0, 0.05) is 24.7 Å². The zero-order chi connectivity index (χ0) is 22.5. The number of halogens is 1. The summed E-state index contributed by atoms with van der Waals surface area (Å²) in [4.78, 5) is 29.2.